The van der Waals surface area contributed by atoms with Crippen LogP contribution in [0.2, 0.25) is 0 Å². The molecule has 1 N–H and O–H groups in total. The second-order valence-electron chi connectivity index (χ2n) is 7.67. The van der Waals surface area contributed by atoms with E-state index in [1.807, 2.05) is 38.1 Å². The molecule has 0 unspecified atom stereocenters. The average molecular weight is 409 g/mol. The average Bonchev–Trinajstić information content (AvgIpc) is 3.11. The summed E-state index contributed by atoms with van der Waals surface area (Å²) in [5.41, 5.74) is 3.44. The molecule has 0 saturated carbocycles. The Morgan fingerprint density at radius 3 is 2.70 bits per heavy atom. The summed E-state index contributed by atoms with van der Waals surface area (Å²) in [5.74, 6) is -0.439. The van der Waals surface area contributed by atoms with Crippen molar-refractivity contribution in [3.8, 4) is 5.75 Å². The van der Waals surface area contributed by atoms with Gasteiger partial charge in [0.2, 0.25) is 17.7 Å². The monoisotopic (exact) mass is 409 g/mol. The van der Waals surface area contributed by atoms with Gasteiger partial charge in [-0.05, 0) is 43.2 Å². The maximum Gasteiger partial charge on any atom is 0.243 e. The quantitative estimate of drug-likeness (QED) is 0.796. The highest BCUT2D eigenvalue weighted by Crippen LogP contribution is 2.28. The van der Waals surface area contributed by atoms with Crippen LogP contribution in [0.4, 0.5) is 11.4 Å². The third-order valence-corrected chi connectivity index (χ3v) is 5.26. The number of methoxy groups -OCH3 is 1. The number of benzene rings is 2. The van der Waals surface area contributed by atoms with Crippen LogP contribution < -0.4 is 15.0 Å². The molecule has 3 amide bonds. The molecule has 1 heterocycles. The van der Waals surface area contributed by atoms with Gasteiger partial charge in [-0.3, -0.25) is 14.4 Å². The Hall–Kier alpha value is -3.35. The molecule has 0 spiro atoms. The van der Waals surface area contributed by atoms with Crippen molar-refractivity contribution in [2.75, 3.05) is 37.5 Å². The van der Waals surface area contributed by atoms with E-state index < -0.39 is 5.92 Å². The molecule has 0 aliphatic carbocycles. The van der Waals surface area contributed by atoms with Crippen LogP contribution >= 0.6 is 0 Å². The van der Waals surface area contributed by atoms with Gasteiger partial charge in [-0.1, -0.05) is 18.2 Å². The number of carbonyl (C=O) groups is 3. The first kappa shape index (κ1) is 21.4. The zero-order chi connectivity index (χ0) is 21.8. The standard InChI is InChI=1S/C23H27N3O4/c1-15-8-9-16(2)20(10-15)24-21(27)14-25(3)23(29)17-11-22(28)26(13-17)18-6-5-7-19(12-18)30-4/h5-10,12,17H,11,13-14H2,1-4H3,(H,24,27)/t17-/m1/s1. The van der Waals surface area contributed by atoms with E-state index in [0.29, 0.717) is 11.4 Å². The molecule has 0 bridgehead atoms. The highest BCUT2D eigenvalue weighted by atomic mass is 16.5. The Morgan fingerprint density at radius 1 is 1.20 bits per heavy atom. The molecule has 3 rings (SSSR count). The minimum Gasteiger partial charge on any atom is -0.497 e. The van der Waals surface area contributed by atoms with Gasteiger partial charge in [0, 0.05) is 37.5 Å². The van der Waals surface area contributed by atoms with Crippen LogP contribution in [-0.4, -0.2) is 49.9 Å². The van der Waals surface area contributed by atoms with Crippen molar-refractivity contribution in [2.45, 2.75) is 20.3 Å². The number of nitrogens with zero attached hydrogens (tertiary/aromatic N) is 2. The maximum atomic E-state index is 12.8. The summed E-state index contributed by atoms with van der Waals surface area (Å²) < 4.78 is 5.21. The molecule has 1 aliphatic heterocycles. The molecule has 0 radical (unpaired) electrons. The van der Waals surface area contributed by atoms with E-state index in [4.69, 9.17) is 4.74 Å². The molecular formula is C23H27N3O4. The van der Waals surface area contributed by atoms with Gasteiger partial charge >= 0.3 is 0 Å². The van der Waals surface area contributed by atoms with Gasteiger partial charge in [-0.15, -0.1) is 0 Å². The third-order valence-electron chi connectivity index (χ3n) is 5.26. The Kier molecular flexibility index (Phi) is 6.40. The van der Waals surface area contributed by atoms with Crippen molar-refractivity contribution in [1.82, 2.24) is 4.90 Å². The predicted molar refractivity (Wildman–Crippen MR) is 116 cm³/mol. The lowest BCUT2D eigenvalue weighted by Crippen LogP contribution is -2.39. The van der Waals surface area contributed by atoms with Crippen molar-refractivity contribution in [1.29, 1.82) is 0 Å². The fourth-order valence-electron chi connectivity index (χ4n) is 3.57. The lowest BCUT2D eigenvalue weighted by atomic mass is 10.1. The van der Waals surface area contributed by atoms with Crippen LogP contribution in [0.1, 0.15) is 17.5 Å². The first-order chi connectivity index (χ1) is 14.3. The molecule has 1 fully saturated rings. The third kappa shape index (κ3) is 4.79. The molecule has 1 aliphatic rings. The van der Waals surface area contributed by atoms with Crippen molar-refractivity contribution < 1.29 is 19.1 Å². The number of ether oxygens (including phenoxy) is 1. The summed E-state index contributed by atoms with van der Waals surface area (Å²) in [6, 6.07) is 13.0. The number of amides is 3. The number of nitrogens with one attached hydrogen (secondary N) is 1. The molecule has 158 valence electrons. The van der Waals surface area contributed by atoms with Gasteiger partial charge in [0.05, 0.1) is 19.6 Å². The topological polar surface area (TPSA) is 79.0 Å². The highest BCUT2D eigenvalue weighted by Gasteiger charge is 2.36. The number of likely N-dealkylation sites (N-methyl/N-ethyl adjacent to an activating group) is 1. The Balaban J connectivity index is 1.61. The predicted octanol–water partition coefficient (Wildman–Crippen LogP) is 2.76. The van der Waals surface area contributed by atoms with Crippen LogP contribution in [0, 0.1) is 19.8 Å². The van der Waals surface area contributed by atoms with E-state index in [9.17, 15) is 14.4 Å². The van der Waals surface area contributed by atoms with Crippen LogP contribution in [0.5, 0.6) is 5.75 Å². The second kappa shape index (κ2) is 8.98. The summed E-state index contributed by atoms with van der Waals surface area (Å²) in [6.45, 7) is 4.08. The van der Waals surface area contributed by atoms with Crippen LogP contribution in [0.25, 0.3) is 0 Å². The zero-order valence-electron chi connectivity index (χ0n) is 17.8. The lowest BCUT2D eigenvalue weighted by molar-refractivity contribution is -0.137. The number of hydrogen-bond acceptors (Lipinski definition) is 4. The molecule has 2 aromatic carbocycles. The van der Waals surface area contributed by atoms with Gasteiger partial charge < -0.3 is 19.9 Å². The van der Waals surface area contributed by atoms with E-state index in [1.165, 1.54) is 4.90 Å². The minimum absolute atomic E-state index is 0.0733. The van der Waals surface area contributed by atoms with E-state index in [0.717, 1.165) is 16.8 Å². The minimum atomic E-state index is -0.484. The fraction of sp³-hybridized carbons (Fsp3) is 0.348. The lowest BCUT2D eigenvalue weighted by Gasteiger charge is -2.21. The van der Waals surface area contributed by atoms with E-state index in [-0.39, 0.29) is 37.2 Å². The largest absolute Gasteiger partial charge is 0.497 e. The van der Waals surface area contributed by atoms with Crippen molar-refractivity contribution in [2.24, 2.45) is 5.92 Å². The summed E-state index contributed by atoms with van der Waals surface area (Å²) >= 11 is 0. The molecule has 30 heavy (non-hydrogen) atoms. The van der Waals surface area contributed by atoms with Crippen molar-refractivity contribution in [3.05, 3.63) is 53.6 Å². The Labute approximate surface area is 176 Å². The summed E-state index contributed by atoms with van der Waals surface area (Å²) in [5, 5.41) is 2.86. The SMILES string of the molecule is COc1cccc(N2C[C@H](C(=O)N(C)CC(=O)Nc3cc(C)ccc3C)CC2=O)c1. The molecule has 7 nitrogen and oxygen atoms in total. The summed E-state index contributed by atoms with van der Waals surface area (Å²) in [4.78, 5) is 40.7. The van der Waals surface area contributed by atoms with Gasteiger partial charge in [0.25, 0.3) is 0 Å². The molecule has 1 atom stereocenters. The Morgan fingerprint density at radius 2 is 1.97 bits per heavy atom. The number of aryl methyl sites for hydroxylation is 2. The number of carbonyl (C=O) groups excluding carboxylic acids is 3. The van der Waals surface area contributed by atoms with Crippen LogP contribution in [0.3, 0.4) is 0 Å². The van der Waals surface area contributed by atoms with Gasteiger partial charge in [0.1, 0.15) is 5.75 Å². The highest BCUT2D eigenvalue weighted by molar-refractivity contribution is 6.01. The maximum absolute atomic E-state index is 12.8. The van der Waals surface area contributed by atoms with E-state index in [2.05, 4.69) is 5.32 Å². The normalized spacial score (nSPS) is 15.8. The molecular weight excluding hydrogens is 382 g/mol. The Bertz CT molecular complexity index is 973. The van der Waals surface area contributed by atoms with Gasteiger partial charge in [-0.25, -0.2) is 0 Å². The first-order valence-electron chi connectivity index (χ1n) is 9.85. The van der Waals surface area contributed by atoms with Crippen LogP contribution in [0.15, 0.2) is 42.5 Å². The molecule has 2 aromatic rings. The summed E-state index contributed by atoms with van der Waals surface area (Å²) in [6.07, 6.45) is 0.124. The first-order valence-corrected chi connectivity index (χ1v) is 9.85. The van der Waals surface area contributed by atoms with Crippen LogP contribution in [-0.2, 0) is 14.4 Å². The van der Waals surface area contributed by atoms with Crippen molar-refractivity contribution in [3.63, 3.8) is 0 Å². The van der Waals surface area contributed by atoms with E-state index >= 15 is 0 Å². The van der Waals surface area contributed by atoms with Crippen molar-refractivity contribution >= 4 is 29.1 Å². The van der Waals surface area contributed by atoms with Gasteiger partial charge in [0.15, 0.2) is 0 Å². The number of hydrogen-bond donors (Lipinski definition) is 1. The number of anilines is 2. The second-order valence-corrected chi connectivity index (χ2v) is 7.67. The smallest absolute Gasteiger partial charge is 0.243 e. The van der Waals surface area contributed by atoms with Gasteiger partial charge in [-0.2, -0.15) is 0 Å². The fourth-order valence-corrected chi connectivity index (χ4v) is 3.57. The zero-order valence-corrected chi connectivity index (χ0v) is 17.8. The molecule has 1 saturated heterocycles. The van der Waals surface area contributed by atoms with E-state index in [1.54, 1.807) is 37.3 Å². The number of rotatable bonds is 6. The molecule has 0 aromatic heterocycles. The summed E-state index contributed by atoms with van der Waals surface area (Å²) in [7, 11) is 3.15. The molecule has 7 heteroatoms.